The quantitative estimate of drug-likeness (QED) is 0.821. The van der Waals surface area contributed by atoms with Crippen molar-refractivity contribution < 1.29 is 0 Å². The van der Waals surface area contributed by atoms with Crippen LogP contribution in [0.4, 0.5) is 5.69 Å². The van der Waals surface area contributed by atoms with Crippen LogP contribution >= 0.6 is 0 Å². The average Bonchev–Trinajstić information content (AvgIpc) is 2.33. The van der Waals surface area contributed by atoms with E-state index in [9.17, 15) is 0 Å². The van der Waals surface area contributed by atoms with Gasteiger partial charge in [-0.15, -0.1) is 0 Å². The fourth-order valence-corrected chi connectivity index (χ4v) is 2.87. The molecule has 0 bridgehead atoms. The third kappa shape index (κ3) is 2.14. The number of rotatable bonds is 3. The Morgan fingerprint density at radius 3 is 2.65 bits per heavy atom. The minimum absolute atomic E-state index is 0.879. The third-order valence-corrected chi connectivity index (χ3v) is 3.84. The lowest BCUT2D eigenvalue weighted by Gasteiger charge is -2.33. The molecule has 1 fully saturated rings. The van der Waals surface area contributed by atoms with Crippen molar-refractivity contribution in [3.63, 3.8) is 0 Å². The summed E-state index contributed by atoms with van der Waals surface area (Å²) in [6, 6.07) is 15.1. The van der Waals surface area contributed by atoms with Crippen LogP contribution in [0.5, 0.6) is 0 Å². The van der Waals surface area contributed by atoms with E-state index in [1.807, 2.05) is 0 Å². The average molecular weight is 225 g/mol. The van der Waals surface area contributed by atoms with Crippen molar-refractivity contribution >= 4 is 16.5 Å². The molecule has 0 saturated heterocycles. The van der Waals surface area contributed by atoms with Crippen LogP contribution in [-0.4, -0.2) is 6.54 Å². The summed E-state index contributed by atoms with van der Waals surface area (Å²) in [5.74, 6) is 1.82. The van der Waals surface area contributed by atoms with E-state index in [4.69, 9.17) is 0 Å². The van der Waals surface area contributed by atoms with Gasteiger partial charge in [0.25, 0.3) is 0 Å². The maximum absolute atomic E-state index is 3.61. The maximum Gasteiger partial charge on any atom is 0.0419 e. The first-order chi connectivity index (χ1) is 8.33. The Balaban J connectivity index is 1.76. The summed E-state index contributed by atoms with van der Waals surface area (Å²) < 4.78 is 0. The van der Waals surface area contributed by atoms with Gasteiger partial charge in [-0.1, -0.05) is 43.3 Å². The largest absolute Gasteiger partial charge is 0.384 e. The Morgan fingerprint density at radius 2 is 1.82 bits per heavy atom. The highest BCUT2D eigenvalue weighted by atomic mass is 14.9. The minimum atomic E-state index is 0.879. The molecule has 2 aromatic carbocycles. The van der Waals surface area contributed by atoms with E-state index in [0.29, 0.717) is 0 Å². The molecule has 1 aliphatic carbocycles. The Bertz CT molecular complexity index is 506. The van der Waals surface area contributed by atoms with Gasteiger partial charge in [-0.2, -0.15) is 0 Å². The van der Waals surface area contributed by atoms with Gasteiger partial charge in [-0.05, 0) is 36.1 Å². The molecule has 3 rings (SSSR count). The van der Waals surface area contributed by atoms with E-state index in [1.165, 1.54) is 29.3 Å². The van der Waals surface area contributed by atoms with E-state index in [0.717, 1.165) is 18.4 Å². The van der Waals surface area contributed by atoms with Gasteiger partial charge in [0.2, 0.25) is 0 Å². The maximum atomic E-state index is 3.61. The highest BCUT2D eigenvalue weighted by Crippen LogP contribution is 2.33. The molecule has 2 aromatic rings. The Morgan fingerprint density at radius 1 is 1.06 bits per heavy atom. The lowest BCUT2D eigenvalue weighted by molar-refractivity contribution is 0.225. The van der Waals surface area contributed by atoms with E-state index in [1.54, 1.807) is 0 Å². The number of fused-ring (bicyclic) bond motifs is 1. The van der Waals surface area contributed by atoms with Crippen LogP contribution in [-0.2, 0) is 0 Å². The number of anilines is 1. The number of nitrogens with one attached hydrogen (secondary N) is 1. The predicted molar refractivity (Wildman–Crippen MR) is 74.3 cm³/mol. The van der Waals surface area contributed by atoms with Crippen LogP contribution in [0.15, 0.2) is 42.5 Å². The van der Waals surface area contributed by atoms with Gasteiger partial charge in [-0.3, -0.25) is 0 Å². The van der Waals surface area contributed by atoms with E-state index >= 15 is 0 Å². The molecular formula is C16H19N. The zero-order valence-electron chi connectivity index (χ0n) is 10.3. The standard InChI is InChI=1S/C16H19N/c1-12-9-13(10-12)11-17-16-8-4-6-14-5-2-3-7-15(14)16/h2-8,12-13,17H,9-11H2,1H3. The van der Waals surface area contributed by atoms with Gasteiger partial charge < -0.3 is 5.32 Å². The molecule has 0 heterocycles. The molecule has 1 aliphatic rings. The highest BCUT2D eigenvalue weighted by molar-refractivity contribution is 5.93. The molecule has 0 unspecified atom stereocenters. The molecule has 0 spiro atoms. The SMILES string of the molecule is CC1CC(CNc2cccc3ccccc23)C1. The van der Waals surface area contributed by atoms with Crippen molar-refractivity contribution in [2.24, 2.45) is 11.8 Å². The second-order valence-corrected chi connectivity index (χ2v) is 5.35. The summed E-state index contributed by atoms with van der Waals surface area (Å²) >= 11 is 0. The molecule has 17 heavy (non-hydrogen) atoms. The van der Waals surface area contributed by atoms with Gasteiger partial charge in [0.1, 0.15) is 0 Å². The second kappa shape index (κ2) is 4.40. The lowest BCUT2D eigenvalue weighted by Crippen LogP contribution is -2.27. The zero-order valence-corrected chi connectivity index (χ0v) is 10.3. The van der Waals surface area contributed by atoms with Crippen molar-refractivity contribution in [3.8, 4) is 0 Å². The van der Waals surface area contributed by atoms with Crippen LogP contribution in [0.3, 0.4) is 0 Å². The molecule has 1 nitrogen and oxygen atoms in total. The van der Waals surface area contributed by atoms with E-state index < -0.39 is 0 Å². The van der Waals surface area contributed by atoms with Crippen molar-refractivity contribution in [2.45, 2.75) is 19.8 Å². The predicted octanol–water partition coefficient (Wildman–Crippen LogP) is 4.30. The van der Waals surface area contributed by atoms with Gasteiger partial charge in [-0.25, -0.2) is 0 Å². The summed E-state index contributed by atoms with van der Waals surface area (Å²) in [6.07, 6.45) is 2.77. The number of benzene rings is 2. The van der Waals surface area contributed by atoms with Crippen LogP contribution in [0, 0.1) is 11.8 Å². The topological polar surface area (TPSA) is 12.0 Å². The smallest absolute Gasteiger partial charge is 0.0419 e. The second-order valence-electron chi connectivity index (χ2n) is 5.35. The Labute approximate surface area is 103 Å². The molecule has 88 valence electrons. The summed E-state index contributed by atoms with van der Waals surface area (Å²) in [4.78, 5) is 0. The molecular weight excluding hydrogens is 206 g/mol. The van der Waals surface area contributed by atoms with E-state index in [-0.39, 0.29) is 0 Å². The third-order valence-electron chi connectivity index (χ3n) is 3.84. The van der Waals surface area contributed by atoms with Gasteiger partial charge in [0.15, 0.2) is 0 Å². The zero-order chi connectivity index (χ0) is 11.7. The van der Waals surface area contributed by atoms with Crippen LogP contribution < -0.4 is 5.32 Å². The van der Waals surface area contributed by atoms with Gasteiger partial charge in [0.05, 0.1) is 0 Å². The van der Waals surface area contributed by atoms with Crippen molar-refractivity contribution in [1.29, 1.82) is 0 Å². The first kappa shape index (κ1) is 10.6. The molecule has 0 aromatic heterocycles. The molecule has 1 N–H and O–H groups in total. The van der Waals surface area contributed by atoms with Crippen molar-refractivity contribution in [2.75, 3.05) is 11.9 Å². The lowest BCUT2D eigenvalue weighted by atomic mass is 9.76. The normalized spacial score (nSPS) is 23.4. The molecule has 1 heteroatoms. The molecule has 0 amide bonds. The van der Waals surface area contributed by atoms with Crippen LogP contribution in [0.25, 0.3) is 10.8 Å². The van der Waals surface area contributed by atoms with Crippen molar-refractivity contribution in [1.82, 2.24) is 0 Å². The minimum Gasteiger partial charge on any atom is -0.384 e. The summed E-state index contributed by atoms with van der Waals surface area (Å²) in [6.45, 7) is 3.47. The summed E-state index contributed by atoms with van der Waals surface area (Å²) in [7, 11) is 0. The molecule has 0 radical (unpaired) electrons. The van der Waals surface area contributed by atoms with E-state index in [2.05, 4.69) is 54.7 Å². The molecule has 1 saturated carbocycles. The Hall–Kier alpha value is -1.50. The first-order valence-electron chi connectivity index (χ1n) is 6.54. The summed E-state index contributed by atoms with van der Waals surface area (Å²) in [5.41, 5.74) is 1.28. The molecule has 0 aliphatic heterocycles. The fraction of sp³-hybridized carbons (Fsp3) is 0.375. The number of hydrogen-bond donors (Lipinski definition) is 1. The van der Waals surface area contributed by atoms with Gasteiger partial charge in [0, 0.05) is 17.6 Å². The number of hydrogen-bond acceptors (Lipinski definition) is 1. The van der Waals surface area contributed by atoms with Crippen molar-refractivity contribution in [3.05, 3.63) is 42.5 Å². The first-order valence-corrected chi connectivity index (χ1v) is 6.54. The monoisotopic (exact) mass is 225 g/mol. The Kier molecular flexibility index (Phi) is 2.76. The highest BCUT2D eigenvalue weighted by Gasteiger charge is 2.24. The fourth-order valence-electron chi connectivity index (χ4n) is 2.87. The summed E-state index contributed by atoms with van der Waals surface area (Å²) in [5, 5.41) is 6.26. The van der Waals surface area contributed by atoms with Gasteiger partial charge >= 0.3 is 0 Å². The molecule has 0 atom stereocenters. The van der Waals surface area contributed by atoms with Crippen LogP contribution in [0.2, 0.25) is 0 Å². The van der Waals surface area contributed by atoms with Crippen LogP contribution in [0.1, 0.15) is 19.8 Å².